The molecule has 0 radical (unpaired) electrons. The number of carbonyl (C=O) groups is 1. The van der Waals surface area contributed by atoms with Gasteiger partial charge >= 0.3 is 0 Å². The molecule has 2 aromatic rings. The first-order valence-electron chi connectivity index (χ1n) is 6.36. The first kappa shape index (κ1) is 17.7. The number of hydrogen-bond donors (Lipinski definition) is 1. The average Bonchev–Trinajstić information content (AvgIpc) is 2.47. The molecular weight excluding hydrogens is 361 g/mol. The Kier molecular flexibility index (Phi) is 5.26. The molecule has 0 fully saturated rings. The van der Waals surface area contributed by atoms with Crippen LogP contribution >= 0.6 is 23.2 Å². The highest BCUT2D eigenvalue weighted by molar-refractivity contribution is 7.89. The molecule has 1 aromatic heterocycles. The third-order valence-electron chi connectivity index (χ3n) is 2.96. The van der Waals surface area contributed by atoms with Gasteiger partial charge in [-0.2, -0.15) is 0 Å². The topological polar surface area (TPSA) is 79.4 Å². The van der Waals surface area contributed by atoms with E-state index in [1.165, 1.54) is 32.6 Å². The maximum absolute atomic E-state index is 12.3. The fourth-order valence-electron chi connectivity index (χ4n) is 1.73. The molecular formula is C14H13Cl2N3O3S. The molecule has 1 heterocycles. The predicted octanol–water partition coefficient (Wildman–Crippen LogP) is 2.89. The van der Waals surface area contributed by atoms with Crippen LogP contribution in [0.15, 0.2) is 41.6 Å². The van der Waals surface area contributed by atoms with E-state index in [9.17, 15) is 13.2 Å². The third kappa shape index (κ3) is 3.81. The molecule has 0 bridgehead atoms. The molecule has 0 aliphatic carbocycles. The lowest BCUT2D eigenvalue weighted by Gasteiger charge is -2.15. The van der Waals surface area contributed by atoms with Crippen molar-refractivity contribution in [3.05, 3.63) is 52.3 Å². The van der Waals surface area contributed by atoms with E-state index in [0.717, 1.165) is 10.4 Å². The maximum Gasteiger partial charge on any atom is 0.257 e. The van der Waals surface area contributed by atoms with Crippen molar-refractivity contribution in [2.24, 2.45) is 0 Å². The van der Waals surface area contributed by atoms with Crippen LogP contribution in [0.25, 0.3) is 0 Å². The van der Waals surface area contributed by atoms with Gasteiger partial charge in [0.05, 0.1) is 15.6 Å². The summed E-state index contributed by atoms with van der Waals surface area (Å²) in [5.74, 6) is -0.548. The van der Waals surface area contributed by atoms with Crippen molar-refractivity contribution in [1.29, 1.82) is 0 Å². The van der Waals surface area contributed by atoms with Crippen LogP contribution in [0, 0.1) is 0 Å². The molecule has 1 aromatic carbocycles. The SMILES string of the molecule is CN(C)S(=O)(=O)c1cc(C(=O)Nc2ccncc2)c(Cl)cc1Cl. The fourth-order valence-corrected chi connectivity index (χ4v) is 3.46. The van der Waals surface area contributed by atoms with Gasteiger partial charge in [-0.15, -0.1) is 0 Å². The number of pyridine rings is 1. The lowest BCUT2D eigenvalue weighted by atomic mass is 10.2. The number of amides is 1. The molecule has 0 atom stereocenters. The van der Waals surface area contributed by atoms with Crippen LogP contribution in [0.4, 0.5) is 5.69 Å². The van der Waals surface area contributed by atoms with Crippen LogP contribution in [0.2, 0.25) is 10.0 Å². The number of hydrogen-bond acceptors (Lipinski definition) is 4. The maximum atomic E-state index is 12.3. The highest BCUT2D eigenvalue weighted by Gasteiger charge is 2.24. The van der Waals surface area contributed by atoms with Crippen molar-refractivity contribution < 1.29 is 13.2 Å². The summed E-state index contributed by atoms with van der Waals surface area (Å²) in [4.78, 5) is 16.0. The van der Waals surface area contributed by atoms with Crippen LogP contribution in [0.3, 0.4) is 0 Å². The van der Waals surface area contributed by atoms with Gasteiger partial charge in [0, 0.05) is 32.2 Å². The van der Waals surface area contributed by atoms with E-state index in [-0.39, 0.29) is 20.5 Å². The molecule has 0 saturated carbocycles. The van der Waals surface area contributed by atoms with Crippen molar-refractivity contribution in [2.75, 3.05) is 19.4 Å². The first-order valence-corrected chi connectivity index (χ1v) is 8.56. The number of rotatable bonds is 4. The van der Waals surface area contributed by atoms with Crippen LogP contribution < -0.4 is 5.32 Å². The van der Waals surface area contributed by atoms with Gasteiger partial charge in [0.2, 0.25) is 10.0 Å². The Morgan fingerprint density at radius 2 is 1.74 bits per heavy atom. The number of aromatic nitrogens is 1. The molecule has 2 rings (SSSR count). The van der Waals surface area contributed by atoms with E-state index in [4.69, 9.17) is 23.2 Å². The van der Waals surface area contributed by atoms with Crippen molar-refractivity contribution in [1.82, 2.24) is 9.29 Å². The van der Waals surface area contributed by atoms with Crippen LogP contribution in [0.1, 0.15) is 10.4 Å². The number of sulfonamides is 1. The Labute approximate surface area is 144 Å². The summed E-state index contributed by atoms with van der Waals surface area (Å²) in [6, 6.07) is 5.59. The van der Waals surface area contributed by atoms with Crippen molar-refractivity contribution >= 4 is 44.8 Å². The van der Waals surface area contributed by atoms with Crippen LogP contribution in [-0.4, -0.2) is 37.7 Å². The Hall–Kier alpha value is -1.67. The predicted molar refractivity (Wildman–Crippen MR) is 89.5 cm³/mol. The molecule has 6 nitrogen and oxygen atoms in total. The quantitative estimate of drug-likeness (QED) is 0.893. The largest absolute Gasteiger partial charge is 0.322 e. The normalized spacial score (nSPS) is 11.5. The van der Waals surface area contributed by atoms with E-state index in [1.807, 2.05) is 0 Å². The average molecular weight is 374 g/mol. The summed E-state index contributed by atoms with van der Waals surface area (Å²) < 4.78 is 25.5. The number of halogens is 2. The van der Waals surface area contributed by atoms with Crippen LogP contribution in [-0.2, 0) is 10.0 Å². The monoisotopic (exact) mass is 373 g/mol. The molecule has 1 amide bonds. The zero-order valence-electron chi connectivity index (χ0n) is 12.2. The van der Waals surface area contributed by atoms with Gasteiger partial charge in [-0.3, -0.25) is 9.78 Å². The van der Waals surface area contributed by atoms with Gasteiger partial charge < -0.3 is 5.32 Å². The summed E-state index contributed by atoms with van der Waals surface area (Å²) in [6.45, 7) is 0. The second-order valence-corrected chi connectivity index (χ2v) is 7.67. The molecule has 0 aliphatic rings. The second kappa shape index (κ2) is 6.84. The minimum Gasteiger partial charge on any atom is -0.322 e. The number of nitrogens with one attached hydrogen (secondary N) is 1. The zero-order valence-corrected chi connectivity index (χ0v) is 14.6. The fraction of sp³-hybridized carbons (Fsp3) is 0.143. The first-order chi connectivity index (χ1) is 10.7. The van der Waals surface area contributed by atoms with Gasteiger partial charge in [0.15, 0.2) is 0 Å². The van der Waals surface area contributed by atoms with Crippen molar-refractivity contribution in [3.8, 4) is 0 Å². The van der Waals surface area contributed by atoms with E-state index >= 15 is 0 Å². The highest BCUT2D eigenvalue weighted by Crippen LogP contribution is 2.30. The smallest absolute Gasteiger partial charge is 0.257 e. The summed E-state index contributed by atoms with van der Waals surface area (Å²) >= 11 is 12.0. The molecule has 1 N–H and O–H groups in total. The van der Waals surface area contributed by atoms with E-state index in [1.54, 1.807) is 12.1 Å². The standard InChI is InChI=1S/C14H13Cl2N3O3S/c1-19(2)23(21,22)13-7-10(11(15)8-12(13)16)14(20)18-9-3-5-17-6-4-9/h3-8H,1-2H3,(H,17,18,20). The Morgan fingerprint density at radius 1 is 1.13 bits per heavy atom. The minimum atomic E-state index is -3.80. The third-order valence-corrected chi connectivity index (χ3v) is 5.56. The lowest BCUT2D eigenvalue weighted by Crippen LogP contribution is -2.23. The van der Waals surface area contributed by atoms with Crippen LogP contribution in [0.5, 0.6) is 0 Å². The summed E-state index contributed by atoms with van der Waals surface area (Å²) in [7, 11) is -1.06. The zero-order chi connectivity index (χ0) is 17.2. The van der Waals surface area contributed by atoms with Gasteiger partial charge in [-0.1, -0.05) is 23.2 Å². The number of carbonyl (C=O) groups excluding carboxylic acids is 1. The Balaban J connectivity index is 2.45. The van der Waals surface area contributed by atoms with Gasteiger partial charge in [0.25, 0.3) is 5.91 Å². The Bertz CT molecular complexity index is 840. The van der Waals surface area contributed by atoms with E-state index in [0.29, 0.717) is 5.69 Å². The molecule has 122 valence electrons. The van der Waals surface area contributed by atoms with Crippen molar-refractivity contribution in [3.63, 3.8) is 0 Å². The highest BCUT2D eigenvalue weighted by atomic mass is 35.5. The number of nitrogens with zero attached hydrogens (tertiary/aromatic N) is 2. The van der Waals surface area contributed by atoms with Gasteiger partial charge in [-0.05, 0) is 24.3 Å². The molecule has 0 unspecified atom stereocenters. The van der Waals surface area contributed by atoms with Crippen molar-refractivity contribution in [2.45, 2.75) is 4.90 Å². The molecule has 23 heavy (non-hydrogen) atoms. The summed E-state index contributed by atoms with van der Waals surface area (Å²) in [5.41, 5.74) is 0.515. The van der Waals surface area contributed by atoms with Gasteiger partial charge in [-0.25, -0.2) is 12.7 Å². The lowest BCUT2D eigenvalue weighted by molar-refractivity contribution is 0.102. The summed E-state index contributed by atoms with van der Waals surface area (Å²) in [5, 5.41) is 2.61. The summed E-state index contributed by atoms with van der Waals surface area (Å²) in [6.07, 6.45) is 3.03. The molecule has 0 saturated heterocycles. The molecule has 0 spiro atoms. The van der Waals surface area contributed by atoms with E-state index < -0.39 is 15.9 Å². The number of benzene rings is 1. The Morgan fingerprint density at radius 3 is 2.30 bits per heavy atom. The molecule has 9 heteroatoms. The number of anilines is 1. The molecule has 0 aliphatic heterocycles. The second-order valence-electron chi connectivity index (χ2n) is 4.74. The minimum absolute atomic E-state index is 0.00769. The van der Waals surface area contributed by atoms with E-state index in [2.05, 4.69) is 10.3 Å². The van der Waals surface area contributed by atoms with Gasteiger partial charge in [0.1, 0.15) is 4.90 Å².